The van der Waals surface area contributed by atoms with Crippen LogP contribution in [0.15, 0.2) is 60.7 Å². The van der Waals surface area contributed by atoms with Crippen LogP contribution < -0.4 is 20.7 Å². The Balaban J connectivity index is 1.54. The molecule has 3 aromatic rings. The standard InChI is InChI=1S/C32H29Cl2N3O3/c1-2-19-6-9-28(40-18-20-10-12-35-13-11-20)24(14-19)30-32(25-8-7-23(34)16-27(25)36-31(32)39)26(17-29(38)37-30)21-4-3-5-22(33)15-21/h1,3-9,14-16,20,26,30,35H,10-13,17-18H2,(H,36,39)(H,37,38)/t26-,30+,32-/m0/s1. The zero-order valence-corrected chi connectivity index (χ0v) is 23.3. The molecule has 204 valence electrons. The van der Waals surface area contributed by atoms with Crippen molar-refractivity contribution in [2.75, 3.05) is 25.0 Å². The maximum atomic E-state index is 14.3. The summed E-state index contributed by atoms with van der Waals surface area (Å²) >= 11 is 12.8. The van der Waals surface area contributed by atoms with Gasteiger partial charge in [0.25, 0.3) is 0 Å². The highest BCUT2D eigenvalue weighted by Gasteiger charge is 2.61. The molecule has 40 heavy (non-hydrogen) atoms. The molecule has 0 radical (unpaired) electrons. The van der Waals surface area contributed by atoms with E-state index in [0.717, 1.165) is 37.1 Å². The predicted octanol–water partition coefficient (Wildman–Crippen LogP) is 5.59. The minimum Gasteiger partial charge on any atom is -0.493 e. The molecule has 2 fully saturated rings. The maximum absolute atomic E-state index is 14.3. The second-order valence-electron chi connectivity index (χ2n) is 10.7. The summed E-state index contributed by atoms with van der Waals surface area (Å²) in [5, 5.41) is 10.7. The number of hydrogen-bond donors (Lipinski definition) is 3. The zero-order chi connectivity index (χ0) is 27.9. The van der Waals surface area contributed by atoms with Gasteiger partial charge in [-0.2, -0.15) is 0 Å². The van der Waals surface area contributed by atoms with E-state index >= 15 is 0 Å². The fourth-order valence-corrected chi connectivity index (χ4v) is 6.89. The maximum Gasteiger partial charge on any atom is 0.238 e. The van der Waals surface area contributed by atoms with Crippen molar-refractivity contribution < 1.29 is 14.3 Å². The van der Waals surface area contributed by atoms with Crippen LogP contribution in [-0.2, 0) is 15.0 Å². The van der Waals surface area contributed by atoms with Crippen LogP contribution in [0, 0.1) is 18.3 Å². The topological polar surface area (TPSA) is 79.5 Å². The number of ether oxygens (including phenoxy) is 1. The van der Waals surface area contributed by atoms with Gasteiger partial charge in [-0.1, -0.05) is 47.3 Å². The Morgan fingerprint density at radius 1 is 1.00 bits per heavy atom. The Morgan fingerprint density at radius 3 is 2.58 bits per heavy atom. The van der Waals surface area contributed by atoms with E-state index in [-0.39, 0.29) is 18.2 Å². The summed E-state index contributed by atoms with van der Waals surface area (Å²) in [4.78, 5) is 27.7. The number of rotatable bonds is 5. The highest BCUT2D eigenvalue weighted by molar-refractivity contribution is 6.31. The number of benzene rings is 3. The molecule has 3 aromatic carbocycles. The summed E-state index contributed by atoms with van der Waals surface area (Å²) in [6.07, 6.45) is 7.97. The van der Waals surface area contributed by atoms with E-state index in [1.165, 1.54) is 0 Å². The number of carbonyl (C=O) groups is 2. The summed E-state index contributed by atoms with van der Waals surface area (Å²) in [6, 6.07) is 17.5. The number of halogens is 2. The second-order valence-corrected chi connectivity index (χ2v) is 11.6. The Bertz CT molecular complexity index is 1530. The van der Waals surface area contributed by atoms with Crippen LogP contribution >= 0.6 is 23.2 Å². The number of anilines is 1. The summed E-state index contributed by atoms with van der Waals surface area (Å²) in [5.74, 6) is 2.80. The van der Waals surface area contributed by atoms with Crippen LogP contribution in [0.25, 0.3) is 0 Å². The first-order chi connectivity index (χ1) is 19.4. The lowest BCUT2D eigenvalue weighted by molar-refractivity contribution is -0.131. The van der Waals surface area contributed by atoms with E-state index < -0.39 is 17.4 Å². The fraction of sp³-hybridized carbons (Fsp3) is 0.312. The average molecular weight is 575 g/mol. The Kier molecular flexibility index (Phi) is 7.22. The third-order valence-corrected chi connectivity index (χ3v) is 8.89. The summed E-state index contributed by atoms with van der Waals surface area (Å²) in [6.45, 7) is 2.45. The lowest BCUT2D eigenvalue weighted by atomic mass is 9.59. The van der Waals surface area contributed by atoms with E-state index in [2.05, 4.69) is 21.9 Å². The largest absolute Gasteiger partial charge is 0.493 e. The first kappa shape index (κ1) is 26.7. The highest BCUT2D eigenvalue weighted by atomic mass is 35.5. The van der Waals surface area contributed by atoms with Crippen LogP contribution in [0.1, 0.15) is 53.5 Å². The van der Waals surface area contributed by atoms with Crippen LogP contribution in [0.5, 0.6) is 5.75 Å². The molecule has 0 saturated carbocycles. The van der Waals surface area contributed by atoms with Gasteiger partial charge < -0.3 is 20.7 Å². The van der Waals surface area contributed by atoms with Crippen molar-refractivity contribution in [3.63, 3.8) is 0 Å². The van der Waals surface area contributed by atoms with Gasteiger partial charge in [-0.3, -0.25) is 9.59 Å². The summed E-state index contributed by atoms with van der Waals surface area (Å²) in [5.41, 5.74) is 2.27. The van der Waals surface area contributed by atoms with Crippen molar-refractivity contribution in [1.29, 1.82) is 0 Å². The number of nitrogens with one attached hydrogen (secondary N) is 3. The van der Waals surface area contributed by atoms with Crippen LogP contribution in [-0.4, -0.2) is 31.5 Å². The van der Waals surface area contributed by atoms with Crippen molar-refractivity contribution in [2.45, 2.75) is 36.6 Å². The third-order valence-electron chi connectivity index (χ3n) is 8.42. The van der Waals surface area contributed by atoms with E-state index in [4.69, 9.17) is 34.4 Å². The van der Waals surface area contributed by atoms with E-state index in [1.807, 2.05) is 42.5 Å². The van der Waals surface area contributed by atoms with Crippen LogP contribution in [0.4, 0.5) is 5.69 Å². The molecule has 0 bridgehead atoms. The molecule has 6 nitrogen and oxygen atoms in total. The molecule has 3 atom stereocenters. The fourth-order valence-electron chi connectivity index (χ4n) is 6.52. The Labute approximate surface area is 243 Å². The number of hydrogen-bond acceptors (Lipinski definition) is 4. The van der Waals surface area contributed by atoms with Gasteiger partial charge in [0, 0.05) is 39.2 Å². The van der Waals surface area contributed by atoms with Gasteiger partial charge in [-0.15, -0.1) is 6.42 Å². The lowest BCUT2D eigenvalue weighted by Gasteiger charge is -2.46. The van der Waals surface area contributed by atoms with Crippen molar-refractivity contribution in [2.24, 2.45) is 5.92 Å². The molecule has 1 spiro atoms. The van der Waals surface area contributed by atoms with Crippen LogP contribution in [0.2, 0.25) is 10.0 Å². The molecule has 0 unspecified atom stereocenters. The Hall–Kier alpha value is -3.50. The van der Waals surface area contributed by atoms with Crippen molar-refractivity contribution in [3.8, 4) is 18.1 Å². The minimum atomic E-state index is -1.21. The van der Waals surface area contributed by atoms with E-state index in [1.54, 1.807) is 18.2 Å². The molecule has 8 heteroatoms. The summed E-state index contributed by atoms with van der Waals surface area (Å²) in [7, 11) is 0. The predicted molar refractivity (Wildman–Crippen MR) is 157 cm³/mol. The van der Waals surface area contributed by atoms with Gasteiger partial charge in [0.1, 0.15) is 11.2 Å². The summed E-state index contributed by atoms with van der Waals surface area (Å²) < 4.78 is 6.45. The molecule has 0 aromatic heterocycles. The highest BCUT2D eigenvalue weighted by Crippen LogP contribution is 2.58. The Morgan fingerprint density at radius 2 is 1.80 bits per heavy atom. The number of terminal acetylenes is 1. The second kappa shape index (κ2) is 10.8. The van der Waals surface area contributed by atoms with Gasteiger partial charge in [-0.05, 0) is 85.4 Å². The molecule has 3 aliphatic heterocycles. The van der Waals surface area contributed by atoms with Crippen LogP contribution in [0.3, 0.4) is 0 Å². The average Bonchev–Trinajstić information content (AvgIpc) is 3.24. The van der Waals surface area contributed by atoms with Gasteiger partial charge in [-0.25, -0.2) is 0 Å². The first-order valence-corrected chi connectivity index (χ1v) is 14.3. The molecule has 2 saturated heterocycles. The van der Waals surface area contributed by atoms with Crippen molar-refractivity contribution in [3.05, 3.63) is 93.0 Å². The first-order valence-electron chi connectivity index (χ1n) is 13.5. The van der Waals surface area contributed by atoms with Gasteiger partial charge in [0.15, 0.2) is 0 Å². The molecule has 2 amide bonds. The van der Waals surface area contributed by atoms with Gasteiger partial charge >= 0.3 is 0 Å². The number of amides is 2. The van der Waals surface area contributed by atoms with Crippen molar-refractivity contribution >= 4 is 40.7 Å². The molecule has 3 N–H and O–H groups in total. The number of carbonyl (C=O) groups excluding carboxylic acids is 2. The molecule has 3 aliphatic rings. The van der Waals surface area contributed by atoms with E-state index in [0.29, 0.717) is 45.1 Å². The molecule has 6 rings (SSSR count). The quantitative estimate of drug-likeness (QED) is 0.348. The van der Waals surface area contributed by atoms with Crippen molar-refractivity contribution in [1.82, 2.24) is 10.6 Å². The minimum absolute atomic E-state index is 0.104. The SMILES string of the molecule is C#Cc1ccc(OCC2CCNCC2)c([C@H]2NC(=O)C[C@@H](c3cccc(Cl)c3)[C@]23C(=O)Nc2cc(Cl)ccc23)c1. The molecular formula is C32H29Cl2N3O3. The third kappa shape index (κ3) is 4.62. The number of fused-ring (bicyclic) bond motifs is 2. The zero-order valence-electron chi connectivity index (χ0n) is 21.8. The van der Waals surface area contributed by atoms with Gasteiger partial charge in [0.05, 0.1) is 12.6 Å². The monoisotopic (exact) mass is 573 g/mol. The molecule has 0 aliphatic carbocycles. The lowest BCUT2D eigenvalue weighted by Crippen LogP contribution is -2.57. The molecular weight excluding hydrogens is 545 g/mol. The normalized spacial score (nSPS) is 24.2. The van der Waals surface area contributed by atoms with E-state index in [9.17, 15) is 9.59 Å². The molecule has 3 heterocycles. The smallest absolute Gasteiger partial charge is 0.238 e. The number of piperidine rings is 2. The van der Waals surface area contributed by atoms with Gasteiger partial charge in [0.2, 0.25) is 11.8 Å².